The number of hydrogen-bond acceptors (Lipinski definition) is 5. The Labute approximate surface area is 152 Å². The van der Waals surface area contributed by atoms with Gasteiger partial charge in [0.15, 0.2) is 0 Å². The fourth-order valence-electron chi connectivity index (χ4n) is 3.42. The number of piperazine rings is 1. The molecule has 1 atom stereocenters. The predicted molar refractivity (Wildman–Crippen MR) is 101 cm³/mol. The zero-order valence-electron chi connectivity index (χ0n) is 14.5. The zero-order valence-corrected chi connectivity index (χ0v) is 15.3. The SMILES string of the molecule is CC(c1ccsc1)N1CCN(Cc2ccnn2-c2cccnc2)CC1. The highest BCUT2D eigenvalue weighted by atomic mass is 32.1. The molecule has 1 unspecified atom stereocenters. The molecule has 0 aliphatic carbocycles. The van der Waals surface area contributed by atoms with E-state index in [0.29, 0.717) is 6.04 Å². The number of rotatable bonds is 5. The molecule has 0 N–H and O–H groups in total. The molecule has 130 valence electrons. The van der Waals surface area contributed by atoms with Gasteiger partial charge >= 0.3 is 0 Å². The van der Waals surface area contributed by atoms with Crippen molar-refractivity contribution < 1.29 is 0 Å². The molecule has 5 nitrogen and oxygen atoms in total. The smallest absolute Gasteiger partial charge is 0.0832 e. The van der Waals surface area contributed by atoms with E-state index in [9.17, 15) is 0 Å². The van der Waals surface area contributed by atoms with Crippen molar-refractivity contribution in [3.63, 3.8) is 0 Å². The molecule has 4 heterocycles. The molecule has 0 radical (unpaired) electrons. The molecule has 3 aromatic rings. The van der Waals surface area contributed by atoms with Crippen molar-refractivity contribution in [2.24, 2.45) is 0 Å². The van der Waals surface area contributed by atoms with E-state index in [1.807, 2.05) is 29.2 Å². The monoisotopic (exact) mass is 353 g/mol. The van der Waals surface area contributed by atoms with Crippen molar-refractivity contribution in [2.75, 3.05) is 26.2 Å². The average molecular weight is 353 g/mol. The Morgan fingerprint density at radius 2 is 2.00 bits per heavy atom. The second-order valence-corrected chi connectivity index (χ2v) is 7.27. The van der Waals surface area contributed by atoms with Gasteiger partial charge in [-0.05, 0) is 47.5 Å². The summed E-state index contributed by atoms with van der Waals surface area (Å²) in [5, 5.41) is 8.91. The van der Waals surface area contributed by atoms with Crippen molar-refractivity contribution in [1.29, 1.82) is 0 Å². The van der Waals surface area contributed by atoms with E-state index in [0.717, 1.165) is 38.4 Å². The van der Waals surface area contributed by atoms with Crippen LogP contribution in [-0.4, -0.2) is 50.7 Å². The molecule has 3 aromatic heterocycles. The van der Waals surface area contributed by atoms with Crippen molar-refractivity contribution >= 4 is 11.3 Å². The van der Waals surface area contributed by atoms with Gasteiger partial charge in [0.2, 0.25) is 0 Å². The summed E-state index contributed by atoms with van der Waals surface area (Å²) in [7, 11) is 0. The lowest BCUT2D eigenvalue weighted by atomic mass is 10.1. The fraction of sp³-hybridized carbons (Fsp3) is 0.368. The molecule has 1 aliphatic rings. The molecule has 6 heteroatoms. The van der Waals surface area contributed by atoms with Crippen LogP contribution in [0.15, 0.2) is 53.6 Å². The lowest BCUT2D eigenvalue weighted by Crippen LogP contribution is -2.46. The van der Waals surface area contributed by atoms with Crippen LogP contribution in [0.3, 0.4) is 0 Å². The van der Waals surface area contributed by atoms with Gasteiger partial charge in [0, 0.05) is 51.2 Å². The van der Waals surface area contributed by atoms with Crippen LogP contribution in [0.4, 0.5) is 0 Å². The largest absolute Gasteiger partial charge is 0.295 e. The summed E-state index contributed by atoms with van der Waals surface area (Å²) < 4.78 is 1.99. The molecular weight excluding hydrogens is 330 g/mol. The van der Waals surface area contributed by atoms with Gasteiger partial charge in [-0.1, -0.05) is 0 Å². The second kappa shape index (κ2) is 7.47. The van der Waals surface area contributed by atoms with Crippen LogP contribution in [0.1, 0.15) is 24.2 Å². The maximum atomic E-state index is 4.47. The second-order valence-electron chi connectivity index (χ2n) is 6.49. The lowest BCUT2D eigenvalue weighted by molar-refractivity contribution is 0.0967. The Bertz CT molecular complexity index is 775. The first kappa shape index (κ1) is 16.4. The van der Waals surface area contributed by atoms with Crippen molar-refractivity contribution in [3.8, 4) is 5.69 Å². The van der Waals surface area contributed by atoms with E-state index in [2.05, 4.69) is 49.7 Å². The Balaban J connectivity index is 1.38. The number of nitrogens with zero attached hydrogens (tertiary/aromatic N) is 5. The van der Waals surface area contributed by atoms with Crippen molar-refractivity contribution in [3.05, 3.63) is 64.9 Å². The highest BCUT2D eigenvalue weighted by molar-refractivity contribution is 7.07. The van der Waals surface area contributed by atoms with Crippen LogP contribution in [0.5, 0.6) is 0 Å². The number of pyridine rings is 1. The molecule has 25 heavy (non-hydrogen) atoms. The average Bonchev–Trinajstić information content (AvgIpc) is 3.35. The van der Waals surface area contributed by atoms with Gasteiger partial charge < -0.3 is 0 Å². The van der Waals surface area contributed by atoms with Gasteiger partial charge in [-0.15, -0.1) is 0 Å². The minimum Gasteiger partial charge on any atom is -0.295 e. The standard InChI is InChI=1S/C19H23N5S/c1-16(17-5-12-25-15-17)23-10-8-22(9-11-23)14-19-4-7-21-24(19)18-3-2-6-20-13-18/h2-7,12-13,15-16H,8-11,14H2,1H3. The summed E-state index contributed by atoms with van der Waals surface area (Å²) >= 11 is 1.78. The minimum atomic E-state index is 0.509. The molecule has 4 rings (SSSR count). The molecule has 1 saturated heterocycles. The summed E-state index contributed by atoms with van der Waals surface area (Å²) in [6, 6.07) is 8.85. The van der Waals surface area contributed by atoms with Gasteiger partial charge in [-0.25, -0.2) is 4.68 Å². The molecule has 0 aromatic carbocycles. The lowest BCUT2D eigenvalue weighted by Gasteiger charge is -2.38. The van der Waals surface area contributed by atoms with Crippen LogP contribution < -0.4 is 0 Å². The summed E-state index contributed by atoms with van der Waals surface area (Å²) in [5.74, 6) is 0. The third-order valence-electron chi connectivity index (χ3n) is 4.98. The highest BCUT2D eigenvalue weighted by Gasteiger charge is 2.23. The first-order valence-electron chi connectivity index (χ1n) is 8.73. The van der Waals surface area contributed by atoms with E-state index in [1.165, 1.54) is 11.3 Å². The van der Waals surface area contributed by atoms with Gasteiger partial charge in [0.1, 0.15) is 0 Å². The third kappa shape index (κ3) is 3.66. The summed E-state index contributed by atoms with van der Waals surface area (Å²) in [6.07, 6.45) is 5.52. The summed E-state index contributed by atoms with van der Waals surface area (Å²) in [4.78, 5) is 9.30. The number of thiophene rings is 1. The third-order valence-corrected chi connectivity index (χ3v) is 5.68. The Hall–Kier alpha value is -2.02. The summed E-state index contributed by atoms with van der Waals surface area (Å²) in [6.45, 7) is 7.64. The first-order valence-corrected chi connectivity index (χ1v) is 9.67. The van der Waals surface area contributed by atoms with Crippen LogP contribution in [-0.2, 0) is 6.54 Å². The zero-order chi connectivity index (χ0) is 17.1. The van der Waals surface area contributed by atoms with Gasteiger partial charge in [0.25, 0.3) is 0 Å². The molecule has 0 spiro atoms. The van der Waals surface area contributed by atoms with Gasteiger partial charge in [-0.2, -0.15) is 16.4 Å². The summed E-state index contributed by atoms with van der Waals surface area (Å²) in [5.41, 5.74) is 3.67. The van der Waals surface area contributed by atoms with E-state index in [4.69, 9.17) is 0 Å². The van der Waals surface area contributed by atoms with Crippen LogP contribution in [0.2, 0.25) is 0 Å². The number of hydrogen-bond donors (Lipinski definition) is 0. The molecule has 0 amide bonds. The van der Waals surface area contributed by atoms with Crippen molar-refractivity contribution in [2.45, 2.75) is 19.5 Å². The van der Waals surface area contributed by atoms with E-state index in [1.54, 1.807) is 17.5 Å². The van der Waals surface area contributed by atoms with Crippen LogP contribution in [0, 0.1) is 0 Å². The maximum absolute atomic E-state index is 4.47. The fourth-order valence-corrected chi connectivity index (χ4v) is 4.17. The maximum Gasteiger partial charge on any atom is 0.0832 e. The Morgan fingerprint density at radius 3 is 2.72 bits per heavy atom. The normalized spacial score (nSPS) is 17.6. The molecule has 1 fully saturated rings. The van der Waals surface area contributed by atoms with E-state index >= 15 is 0 Å². The van der Waals surface area contributed by atoms with Crippen molar-refractivity contribution in [1.82, 2.24) is 24.6 Å². The molecule has 0 bridgehead atoms. The van der Waals surface area contributed by atoms with E-state index < -0.39 is 0 Å². The van der Waals surface area contributed by atoms with Gasteiger partial charge in [0.05, 0.1) is 17.6 Å². The van der Waals surface area contributed by atoms with Gasteiger partial charge in [-0.3, -0.25) is 14.8 Å². The number of aromatic nitrogens is 3. The highest BCUT2D eigenvalue weighted by Crippen LogP contribution is 2.24. The van der Waals surface area contributed by atoms with Crippen LogP contribution in [0.25, 0.3) is 5.69 Å². The molecule has 1 aliphatic heterocycles. The molecule has 0 saturated carbocycles. The molecular formula is C19H23N5S. The topological polar surface area (TPSA) is 37.2 Å². The minimum absolute atomic E-state index is 0.509. The Kier molecular flexibility index (Phi) is 4.92. The Morgan fingerprint density at radius 1 is 1.12 bits per heavy atom. The van der Waals surface area contributed by atoms with E-state index in [-0.39, 0.29) is 0 Å². The quantitative estimate of drug-likeness (QED) is 0.706. The predicted octanol–water partition coefficient (Wildman–Crippen LogP) is 3.21. The van der Waals surface area contributed by atoms with Crippen LogP contribution >= 0.6 is 11.3 Å². The first-order chi connectivity index (χ1) is 12.3.